The minimum atomic E-state index is 0.147. The maximum atomic E-state index is 4.76. The number of aromatic nitrogens is 2. The van der Waals surface area contributed by atoms with Crippen molar-refractivity contribution in [3.8, 4) is 0 Å². The number of hydrogen-bond donors (Lipinski definition) is 0. The molecular weight excluding hydrogens is 240 g/mol. The summed E-state index contributed by atoms with van der Waals surface area (Å²) in [7, 11) is 2.10. The smallest absolute Gasteiger partial charge is 0.109 e. The molecule has 0 aliphatic carbocycles. The van der Waals surface area contributed by atoms with Crippen LogP contribution in [0.2, 0.25) is 0 Å². The Labute approximate surface area is 117 Å². The predicted molar refractivity (Wildman–Crippen MR) is 82.4 cm³/mol. The first-order valence-electron chi connectivity index (χ1n) is 6.70. The Morgan fingerprint density at radius 3 is 2.22 bits per heavy atom. The zero-order chi connectivity index (χ0) is 14.0. The zero-order valence-electron chi connectivity index (χ0n) is 13.0. The van der Waals surface area contributed by atoms with Gasteiger partial charge in [0, 0.05) is 30.8 Å². The van der Waals surface area contributed by atoms with E-state index >= 15 is 0 Å². The molecule has 3 heteroatoms. The van der Waals surface area contributed by atoms with Crippen molar-refractivity contribution in [2.75, 3.05) is 11.5 Å². The van der Waals surface area contributed by atoms with E-state index in [0.29, 0.717) is 5.41 Å². The second kappa shape index (κ2) is 5.68. The molecule has 1 aromatic rings. The number of hydrogen-bond acceptors (Lipinski definition) is 2. The fraction of sp³-hybridized carbons (Fsp3) is 0.800. The first-order chi connectivity index (χ1) is 8.09. The Morgan fingerprint density at radius 2 is 1.78 bits per heavy atom. The quantitative estimate of drug-likeness (QED) is 0.767. The lowest BCUT2D eigenvalue weighted by molar-refractivity contribution is 0.480. The molecule has 0 N–H and O–H groups in total. The van der Waals surface area contributed by atoms with Gasteiger partial charge in [0.1, 0.15) is 5.82 Å². The predicted octanol–water partition coefficient (Wildman–Crippen LogP) is 4.04. The van der Waals surface area contributed by atoms with Gasteiger partial charge < -0.3 is 4.57 Å². The first kappa shape index (κ1) is 15.6. The molecule has 104 valence electrons. The normalized spacial score (nSPS) is 13.1. The second-order valence-electron chi connectivity index (χ2n) is 7.27. The molecule has 1 aromatic heterocycles. The van der Waals surface area contributed by atoms with E-state index in [1.807, 2.05) is 11.8 Å². The average Bonchev–Trinajstić information content (AvgIpc) is 2.53. The summed E-state index contributed by atoms with van der Waals surface area (Å²) in [5.74, 6) is 3.58. The van der Waals surface area contributed by atoms with E-state index in [4.69, 9.17) is 4.98 Å². The molecule has 0 unspecified atom stereocenters. The summed E-state index contributed by atoms with van der Waals surface area (Å²) in [5, 5.41) is 0. The number of thioether (sulfide) groups is 1. The fourth-order valence-corrected chi connectivity index (χ4v) is 2.72. The van der Waals surface area contributed by atoms with E-state index in [2.05, 4.69) is 59.4 Å². The second-order valence-corrected chi connectivity index (χ2v) is 8.37. The molecule has 0 aliphatic heterocycles. The van der Waals surface area contributed by atoms with Gasteiger partial charge >= 0.3 is 0 Å². The van der Waals surface area contributed by atoms with Crippen LogP contribution in [0.25, 0.3) is 0 Å². The molecular formula is C15H28N2S. The van der Waals surface area contributed by atoms with Gasteiger partial charge in [-0.1, -0.05) is 41.5 Å². The zero-order valence-corrected chi connectivity index (χ0v) is 13.8. The van der Waals surface area contributed by atoms with E-state index in [-0.39, 0.29) is 5.41 Å². The maximum Gasteiger partial charge on any atom is 0.109 e. The van der Waals surface area contributed by atoms with Crippen LogP contribution in [-0.4, -0.2) is 21.1 Å². The summed E-state index contributed by atoms with van der Waals surface area (Å²) in [5.41, 5.74) is 1.76. The van der Waals surface area contributed by atoms with Crippen molar-refractivity contribution < 1.29 is 0 Å². The average molecular weight is 268 g/mol. The minimum absolute atomic E-state index is 0.147. The van der Waals surface area contributed by atoms with Crippen molar-refractivity contribution in [2.45, 2.75) is 53.4 Å². The number of nitrogens with zero attached hydrogens (tertiary/aromatic N) is 2. The lowest BCUT2D eigenvalue weighted by atomic mass is 9.93. The molecule has 0 aromatic carbocycles. The molecule has 0 saturated carbocycles. The topological polar surface area (TPSA) is 17.8 Å². The monoisotopic (exact) mass is 268 g/mol. The summed E-state index contributed by atoms with van der Waals surface area (Å²) >= 11 is 2.03. The molecule has 0 aliphatic rings. The van der Waals surface area contributed by atoms with Crippen LogP contribution in [0.4, 0.5) is 0 Å². The van der Waals surface area contributed by atoms with Crippen molar-refractivity contribution in [3.63, 3.8) is 0 Å². The van der Waals surface area contributed by atoms with Gasteiger partial charge in [0.05, 0.1) is 5.69 Å². The lowest BCUT2D eigenvalue weighted by Crippen LogP contribution is -2.11. The molecule has 2 nitrogen and oxygen atoms in total. The highest BCUT2D eigenvalue weighted by Gasteiger charge is 2.18. The fourth-order valence-electron chi connectivity index (χ4n) is 1.64. The Morgan fingerprint density at radius 1 is 1.17 bits per heavy atom. The molecule has 0 atom stereocenters. The molecule has 18 heavy (non-hydrogen) atoms. The third-order valence-corrected chi connectivity index (χ3v) is 4.31. The van der Waals surface area contributed by atoms with Crippen molar-refractivity contribution in [1.29, 1.82) is 0 Å². The van der Waals surface area contributed by atoms with Crippen LogP contribution >= 0.6 is 11.8 Å². The lowest BCUT2D eigenvalue weighted by Gasteiger charge is -2.17. The minimum Gasteiger partial charge on any atom is -0.338 e. The van der Waals surface area contributed by atoms with Crippen molar-refractivity contribution in [2.24, 2.45) is 12.5 Å². The number of aryl methyl sites for hydroxylation is 2. The Balaban J connectivity index is 2.51. The Kier molecular flexibility index (Phi) is 4.93. The summed E-state index contributed by atoms with van der Waals surface area (Å²) < 4.78 is 2.18. The van der Waals surface area contributed by atoms with Crippen LogP contribution in [0.5, 0.6) is 0 Å². The molecule has 1 rings (SSSR count). The first-order valence-corrected chi connectivity index (χ1v) is 7.85. The van der Waals surface area contributed by atoms with E-state index in [1.165, 1.54) is 17.3 Å². The highest BCUT2D eigenvalue weighted by atomic mass is 32.2. The van der Waals surface area contributed by atoms with Crippen LogP contribution in [0.15, 0.2) is 6.20 Å². The van der Waals surface area contributed by atoms with Crippen LogP contribution in [-0.2, 0) is 18.9 Å². The SMILES string of the molecule is Cn1cc(C(C)(C)C)nc1CCSCC(C)(C)C. The van der Waals surface area contributed by atoms with E-state index in [9.17, 15) is 0 Å². The third kappa shape index (κ3) is 5.05. The molecule has 0 saturated heterocycles. The van der Waals surface area contributed by atoms with Crippen LogP contribution in [0.3, 0.4) is 0 Å². The van der Waals surface area contributed by atoms with Gasteiger partial charge in [0.25, 0.3) is 0 Å². The standard InChI is InChI=1S/C15H28N2S/c1-14(2,3)11-18-9-8-13-16-12(10-17(13)7)15(4,5)6/h10H,8-9,11H2,1-7H3. The van der Waals surface area contributed by atoms with Gasteiger partial charge in [0.15, 0.2) is 0 Å². The molecule has 0 spiro atoms. The largest absolute Gasteiger partial charge is 0.338 e. The van der Waals surface area contributed by atoms with Gasteiger partial charge in [-0.05, 0) is 11.2 Å². The molecule has 0 radical (unpaired) electrons. The van der Waals surface area contributed by atoms with Gasteiger partial charge in [-0.3, -0.25) is 0 Å². The molecule has 0 amide bonds. The maximum absolute atomic E-state index is 4.76. The van der Waals surface area contributed by atoms with Gasteiger partial charge in [-0.2, -0.15) is 11.8 Å². The van der Waals surface area contributed by atoms with Crippen LogP contribution < -0.4 is 0 Å². The molecule has 0 bridgehead atoms. The summed E-state index contributed by atoms with van der Waals surface area (Å²) in [6.07, 6.45) is 3.23. The summed E-state index contributed by atoms with van der Waals surface area (Å²) in [6, 6.07) is 0. The number of imidazole rings is 1. The van der Waals surface area contributed by atoms with Crippen LogP contribution in [0, 0.1) is 5.41 Å². The molecule has 1 heterocycles. The van der Waals surface area contributed by atoms with Crippen molar-refractivity contribution in [3.05, 3.63) is 17.7 Å². The molecule has 0 fully saturated rings. The summed E-state index contributed by atoms with van der Waals surface area (Å²) in [4.78, 5) is 4.76. The van der Waals surface area contributed by atoms with E-state index < -0.39 is 0 Å². The van der Waals surface area contributed by atoms with Crippen molar-refractivity contribution >= 4 is 11.8 Å². The highest BCUT2D eigenvalue weighted by molar-refractivity contribution is 7.99. The highest BCUT2D eigenvalue weighted by Crippen LogP contribution is 2.23. The van der Waals surface area contributed by atoms with E-state index in [0.717, 1.165) is 12.2 Å². The van der Waals surface area contributed by atoms with E-state index in [1.54, 1.807) is 0 Å². The van der Waals surface area contributed by atoms with Crippen LogP contribution in [0.1, 0.15) is 53.1 Å². The van der Waals surface area contributed by atoms with Crippen molar-refractivity contribution in [1.82, 2.24) is 9.55 Å². The summed E-state index contributed by atoms with van der Waals surface area (Å²) in [6.45, 7) is 13.5. The Hall–Kier alpha value is -0.440. The van der Waals surface area contributed by atoms with Gasteiger partial charge in [-0.25, -0.2) is 4.98 Å². The third-order valence-electron chi connectivity index (χ3n) is 2.75. The van der Waals surface area contributed by atoms with Gasteiger partial charge in [0.2, 0.25) is 0 Å². The Bertz CT molecular complexity index is 380. The van der Waals surface area contributed by atoms with Gasteiger partial charge in [-0.15, -0.1) is 0 Å². The number of rotatable bonds is 4.